The number of carbonyl (C=O) groups excluding carboxylic acids is 1. The molecule has 2 aromatic heterocycles. The van der Waals surface area contributed by atoms with Gasteiger partial charge in [-0.15, -0.1) is 5.10 Å². The molecule has 1 saturated heterocycles. The summed E-state index contributed by atoms with van der Waals surface area (Å²) >= 11 is 0. The highest BCUT2D eigenvalue weighted by atomic mass is 16.5. The lowest BCUT2D eigenvalue weighted by Crippen LogP contribution is -2.50. The Balaban J connectivity index is 1.77. The first kappa shape index (κ1) is 14.3. The number of pyridine rings is 1. The SMILES string of the molecule is O=C(O)[C@H]1CN(C(=O)Cn2nc3ccccn3c2=O)CCO1. The van der Waals surface area contributed by atoms with Crippen LogP contribution in [0.1, 0.15) is 0 Å². The van der Waals surface area contributed by atoms with Crippen LogP contribution in [0.2, 0.25) is 0 Å². The molecule has 1 aliphatic heterocycles. The fourth-order valence-electron chi connectivity index (χ4n) is 2.32. The highest BCUT2D eigenvalue weighted by Gasteiger charge is 2.29. The van der Waals surface area contributed by atoms with E-state index in [0.717, 1.165) is 4.68 Å². The molecule has 1 aliphatic rings. The van der Waals surface area contributed by atoms with Crippen LogP contribution in [0.4, 0.5) is 0 Å². The molecule has 0 aliphatic carbocycles. The quantitative estimate of drug-likeness (QED) is 0.764. The van der Waals surface area contributed by atoms with Crippen LogP contribution in [0.25, 0.3) is 5.65 Å². The second kappa shape index (κ2) is 5.60. The van der Waals surface area contributed by atoms with Gasteiger partial charge in [0, 0.05) is 12.7 Å². The van der Waals surface area contributed by atoms with E-state index in [2.05, 4.69) is 5.10 Å². The molecular weight excluding hydrogens is 292 g/mol. The smallest absolute Gasteiger partial charge is 0.350 e. The van der Waals surface area contributed by atoms with Gasteiger partial charge in [0.05, 0.1) is 13.2 Å². The van der Waals surface area contributed by atoms with Crippen LogP contribution in [-0.4, -0.2) is 61.9 Å². The molecule has 116 valence electrons. The largest absolute Gasteiger partial charge is 0.479 e. The predicted molar refractivity (Wildman–Crippen MR) is 73.4 cm³/mol. The van der Waals surface area contributed by atoms with Crippen LogP contribution in [0, 0.1) is 0 Å². The third kappa shape index (κ3) is 2.58. The average Bonchev–Trinajstić information content (AvgIpc) is 2.84. The molecular formula is C13H14N4O5. The van der Waals surface area contributed by atoms with Crippen molar-refractivity contribution in [3.63, 3.8) is 0 Å². The normalized spacial score (nSPS) is 18.5. The number of fused-ring (bicyclic) bond motifs is 1. The van der Waals surface area contributed by atoms with Crippen molar-refractivity contribution >= 4 is 17.5 Å². The van der Waals surface area contributed by atoms with Crippen molar-refractivity contribution in [1.82, 2.24) is 19.1 Å². The van der Waals surface area contributed by atoms with E-state index in [9.17, 15) is 14.4 Å². The number of nitrogens with zero attached hydrogens (tertiary/aromatic N) is 4. The summed E-state index contributed by atoms with van der Waals surface area (Å²) in [5, 5.41) is 13.0. The van der Waals surface area contributed by atoms with Gasteiger partial charge < -0.3 is 14.7 Å². The molecule has 9 nitrogen and oxygen atoms in total. The number of carboxylic acid groups (broad SMARTS) is 1. The maximum Gasteiger partial charge on any atom is 0.350 e. The minimum absolute atomic E-state index is 0.0315. The van der Waals surface area contributed by atoms with Crippen LogP contribution in [0.5, 0.6) is 0 Å². The zero-order valence-corrected chi connectivity index (χ0v) is 11.6. The number of carboxylic acids is 1. The van der Waals surface area contributed by atoms with Gasteiger partial charge in [-0.25, -0.2) is 14.3 Å². The first-order chi connectivity index (χ1) is 10.6. The van der Waals surface area contributed by atoms with Crippen molar-refractivity contribution in [3.05, 3.63) is 34.9 Å². The van der Waals surface area contributed by atoms with Crippen LogP contribution < -0.4 is 5.69 Å². The molecule has 0 unspecified atom stereocenters. The number of carbonyl (C=O) groups is 2. The Hall–Kier alpha value is -2.68. The Morgan fingerprint density at radius 2 is 2.23 bits per heavy atom. The monoisotopic (exact) mass is 306 g/mol. The molecule has 3 heterocycles. The van der Waals surface area contributed by atoms with Gasteiger partial charge in [-0.05, 0) is 12.1 Å². The van der Waals surface area contributed by atoms with Crippen LogP contribution >= 0.6 is 0 Å². The Morgan fingerprint density at radius 1 is 1.41 bits per heavy atom. The molecule has 0 aromatic carbocycles. The van der Waals surface area contributed by atoms with Gasteiger partial charge in [0.2, 0.25) is 5.91 Å². The summed E-state index contributed by atoms with van der Waals surface area (Å²) in [5.41, 5.74) is 0.0395. The van der Waals surface area contributed by atoms with E-state index in [-0.39, 0.29) is 25.6 Å². The summed E-state index contributed by atoms with van der Waals surface area (Å²) in [5.74, 6) is -1.47. The van der Waals surface area contributed by atoms with Gasteiger partial charge in [0.1, 0.15) is 6.54 Å². The highest BCUT2D eigenvalue weighted by Crippen LogP contribution is 2.06. The number of hydrogen-bond acceptors (Lipinski definition) is 5. The van der Waals surface area contributed by atoms with Gasteiger partial charge in [0.25, 0.3) is 0 Å². The molecule has 1 N–H and O–H groups in total. The zero-order chi connectivity index (χ0) is 15.7. The molecule has 0 saturated carbocycles. The number of aliphatic carboxylic acids is 1. The second-order valence-corrected chi connectivity index (χ2v) is 4.91. The first-order valence-electron chi connectivity index (χ1n) is 6.72. The van der Waals surface area contributed by atoms with Crippen LogP contribution in [0.3, 0.4) is 0 Å². The number of hydrogen-bond donors (Lipinski definition) is 1. The van der Waals surface area contributed by atoms with Gasteiger partial charge in [-0.2, -0.15) is 0 Å². The summed E-state index contributed by atoms with van der Waals surface area (Å²) in [6.07, 6.45) is 0.538. The van der Waals surface area contributed by atoms with E-state index in [1.807, 2.05) is 0 Å². The lowest BCUT2D eigenvalue weighted by Gasteiger charge is -2.30. The van der Waals surface area contributed by atoms with E-state index >= 15 is 0 Å². The van der Waals surface area contributed by atoms with Crippen LogP contribution in [0.15, 0.2) is 29.2 Å². The summed E-state index contributed by atoms with van der Waals surface area (Å²) in [4.78, 5) is 36.6. The van der Waals surface area contributed by atoms with Crippen molar-refractivity contribution in [3.8, 4) is 0 Å². The lowest BCUT2D eigenvalue weighted by atomic mass is 10.2. The summed E-state index contributed by atoms with van der Waals surface area (Å²) in [7, 11) is 0. The molecule has 22 heavy (non-hydrogen) atoms. The number of ether oxygens (including phenoxy) is 1. The van der Waals surface area contributed by atoms with Crippen molar-refractivity contribution < 1.29 is 19.4 Å². The topological polar surface area (TPSA) is 106 Å². The third-order valence-corrected chi connectivity index (χ3v) is 3.47. The lowest BCUT2D eigenvalue weighted by molar-refractivity contribution is -0.159. The number of amides is 1. The second-order valence-electron chi connectivity index (χ2n) is 4.91. The molecule has 9 heteroatoms. The molecule has 1 fully saturated rings. The molecule has 1 atom stereocenters. The summed E-state index contributed by atoms with van der Waals surface area (Å²) in [6.45, 7) is 0.191. The molecule has 0 radical (unpaired) electrons. The fraction of sp³-hybridized carbons (Fsp3) is 0.385. The van der Waals surface area contributed by atoms with Gasteiger partial charge in [-0.3, -0.25) is 9.20 Å². The minimum Gasteiger partial charge on any atom is -0.479 e. The van der Waals surface area contributed by atoms with Crippen molar-refractivity contribution in [2.45, 2.75) is 12.6 Å². The zero-order valence-electron chi connectivity index (χ0n) is 11.6. The fourth-order valence-corrected chi connectivity index (χ4v) is 2.32. The molecule has 0 spiro atoms. The van der Waals surface area contributed by atoms with Crippen molar-refractivity contribution in [1.29, 1.82) is 0 Å². The Bertz CT molecular complexity index is 780. The average molecular weight is 306 g/mol. The van der Waals surface area contributed by atoms with E-state index in [4.69, 9.17) is 9.84 Å². The highest BCUT2D eigenvalue weighted by molar-refractivity contribution is 5.78. The van der Waals surface area contributed by atoms with Crippen LogP contribution in [-0.2, 0) is 20.9 Å². The summed E-state index contributed by atoms with van der Waals surface area (Å²) in [6, 6.07) is 5.10. The number of aromatic nitrogens is 3. The van der Waals surface area contributed by atoms with E-state index in [1.165, 1.54) is 9.30 Å². The van der Waals surface area contributed by atoms with Gasteiger partial charge in [-0.1, -0.05) is 6.07 Å². The standard InChI is InChI=1S/C13H14N4O5/c18-11(15-5-6-22-9(7-15)12(19)20)8-17-13(21)16-4-2-1-3-10(16)14-17/h1-4,9H,5-8H2,(H,19,20)/t9-/m1/s1. The minimum atomic E-state index is -1.11. The maximum atomic E-state index is 12.2. The van der Waals surface area contributed by atoms with Gasteiger partial charge >= 0.3 is 11.7 Å². The van der Waals surface area contributed by atoms with E-state index in [1.54, 1.807) is 24.4 Å². The first-order valence-corrected chi connectivity index (χ1v) is 6.72. The van der Waals surface area contributed by atoms with Crippen molar-refractivity contribution in [2.24, 2.45) is 0 Å². The van der Waals surface area contributed by atoms with E-state index in [0.29, 0.717) is 12.2 Å². The Morgan fingerprint density at radius 3 is 2.95 bits per heavy atom. The molecule has 1 amide bonds. The van der Waals surface area contributed by atoms with E-state index < -0.39 is 17.8 Å². The number of morpholine rings is 1. The Labute approximate surface area is 124 Å². The third-order valence-electron chi connectivity index (χ3n) is 3.47. The molecule has 3 rings (SSSR count). The molecule has 2 aromatic rings. The van der Waals surface area contributed by atoms with Gasteiger partial charge in [0.15, 0.2) is 11.8 Å². The molecule has 0 bridgehead atoms. The Kier molecular flexibility index (Phi) is 3.63. The summed E-state index contributed by atoms with van der Waals surface area (Å²) < 4.78 is 7.47. The predicted octanol–water partition coefficient (Wildman–Crippen LogP) is -1.19. The maximum absolute atomic E-state index is 12.2. The van der Waals surface area contributed by atoms with Crippen molar-refractivity contribution in [2.75, 3.05) is 19.7 Å². The number of rotatable bonds is 3.